The molecular formula is C21H27N5O5S. The number of nitrogens with one attached hydrogen (secondary N) is 1. The molecule has 0 amide bonds. The molecule has 10 nitrogen and oxygen atoms in total. The van der Waals surface area contributed by atoms with E-state index in [1.807, 2.05) is 31.2 Å². The number of anilines is 1. The highest BCUT2D eigenvalue weighted by molar-refractivity contribution is 7.99. The summed E-state index contributed by atoms with van der Waals surface area (Å²) in [5.41, 5.74) is 2.14. The first-order valence-corrected chi connectivity index (χ1v) is 11.4. The topological polar surface area (TPSA) is 135 Å². The lowest BCUT2D eigenvalue weighted by Crippen LogP contribution is -2.33. The Morgan fingerprint density at radius 2 is 2.09 bits per heavy atom. The molecule has 0 aliphatic carbocycles. The van der Waals surface area contributed by atoms with Crippen molar-refractivity contribution in [3.8, 4) is 5.75 Å². The smallest absolute Gasteiger partial charge is 0.191 e. The van der Waals surface area contributed by atoms with Gasteiger partial charge in [-0.1, -0.05) is 30.8 Å². The average Bonchev–Trinajstić information content (AvgIpc) is 3.35. The largest absolute Gasteiger partial charge is 0.497 e. The molecule has 1 fully saturated rings. The second-order valence-electron chi connectivity index (χ2n) is 7.37. The molecule has 172 valence electrons. The third-order valence-electron chi connectivity index (χ3n) is 5.31. The van der Waals surface area contributed by atoms with E-state index < -0.39 is 31.1 Å². The van der Waals surface area contributed by atoms with Gasteiger partial charge in [0, 0.05) is 6.54 Å². The van der Waals surface area contributed by atoms with Crippen molar-refractivity contribution in [3.63, 3.8) is 0 Å². The zero-order valence-electron chi connectivity index (χ0n) is 17.9. The molecule has 4 N–H and O–H groups in total. The van der Waals surface area contributed by atoms with Gasteiger partial charge in [-0.2, -0.15) is 0 Å². The summed E-state index contributed by atoms with van der Waals surface area (Å²) in [5, 5.41) is 33.9. The maximum atomic E-state index is 10.4. The van der Waals surface area contributed by atoms with Crippen LogP contribution in [0.2, 0.25) is 0 Å². The monoisotopic (exact) mass is 461 g/mol. The molecule has 0 spiro atoms. The number of imidazole rings is 1. The fourth-order valence-corrected chi connectivity index (χ4v) is 4.23. The Morgan fingerprint density at radius 1 is 1.25 bits per heavy atom. The number of nitrogens with zero attached hydrogens (tertiary/aromatic N) is 4. The van der Waals surface area contributed by atoms with Gasteiger partial charge in [0.1, 0.15) is 24.1 Å². The first-order valence-electron chi connectivity index (χ1n) is 10.4. The molecule has 0 unspecified atom stereocenters. The number of benzene rings is 1. The summed E-state index contributed by atoms with van der Waals surface area (Å²) in [6, 6.07) is 7.89. The number of aliphatic hydroxyl groups is 3. The Bertz CT molecular complexity index is 1060. The molecular weight excluding hydrogens is 434 g/mol. The van der Waals surface area contributed by atoms with Crippen LogP contribution in [0.3, 0.4) is 0 Å². The van der Waals surface area contributed by atoms with Gasteiger partial charge in [0.2, 0.25) is 0 Å². The van der Waals surface area contributed by atoms with E-state index in [4.69, 9.17) is 9.47 Å². The molecule has 1 saturated heterocycles. The van der Waals surface area contributed by atoms with Crippen LogP contribution in [0.4, 0.5) is 5.82 Å². The Hall–Kier alpha value is -2.44. The minimum atomic E-state index is -1.22. The predicted molar refractivity (Wildman–Crippen MR) is 120 cm³/mol. The van der Waals surface area contributed by atoms with Gasteiger partial charge in [-0.05, 0) is 29.9 Å². The van der Waals surface area contributed by atoms with Crippen molar-refractivity contribution in [3.05, 3.63) is 36.2 Å². The maximum Gasteiger partial charge on any atom is 0.191 e. The number of hydrogen-bond donors (Lipinski definition) is 4. The lowest BCUT2D eigenvalue weighted by molar-refractivity contribution is -0.0511. The molecule has 1 aliphatic rings. The SMILES string of the molecule is CCSc1nc(NCCc2cccc(OC)c2)c2ncn([C@@H]3O[C@H](CO)[C@@H](O)[C@H]3O)c2n1. The Balaban J connectivity index is 1.60. The fraction of sp³-hybridized carbons (Fsp3) is 0.476. The van der Waals surface area contributed by atoms with Gasteiger partial charge in [0.25, 0.3) is 0 Å². The zero-order valence-corrected chi connectivity index (χ0v) is 18.7. The molecule has 3 aromatic rings. The maximum absolute atomic E-state index is 10.4. The lowest BCUT2D eigenvalue weighted by atomic mass is 10.1. The van der Waals surface area contributed by atoms with Crippen LogP contribution >= 0.6 is 11.8 Å². The summed E-state index contributed by atoms with van der Waals surface area (Å²) < 4.78 is 12.5. The number of thioether (sulfide) groups is 1. The van der Waals surface area contributed by atoms with Crippen molar-refractivity contribution < 1.29 is 24.8 Å². The van der Waals surface area contributed by atoms with Gasteiger partial charge in [-0.25, -0.2) is 15.0 Å². The van der Waals surface area contributed by atoms with Crippen molar-refractivity contribution in [2.45, 2.75) is 43.0 Å². The van der Waals surface area contributed by atoms with E-state index in [-0.39, 0.29) is 0 Å². The first kappa shape index (κ1) is 22.7. The van der Waals surface area contributed by atoms with Gasteiger partial charge in [0.05, 0.1) is 20.0 Å². The molecule has 2 aromatic heterocycles. The number of aliphatic hydroxyl groups excluding tert-OH is 3. The highest BCUT2D eigenvalue weighted by atomic mass is 32.2. The summed E-state index contributed by atoms with van der Waals surface area (Å²) in [6.45, 7) is 2.23. The van der Waals surface area contributed by atoms with Crippen LogP contribution in [0.5, 0.6) is 5.75 Å². The van der Waals surface area contributed by atoms with Crippen molar-refractivity contribution in [1.29, 1.82) is 0 Å². The zero-order chi connectivity index (χ0) is 22.7. The molecule has 11 heteroatoms. The fourth-order valence-electron chi connectivity index (χ4n) is 3.66. The van der Waals surface area contributed by atoms with Gasteiger partial charge in [0.15, 0.2) is 28.4 Å². The third-order valence-corrected chi connectivity index (χ3v) is 6.04. The highest BCUT2D eigenvalue weighted by Gasteiger charge is 2.44. The minimum absolute atomic E-state index is 0.398. The van der Waals surface area contributed by atoms with Crippen molar-refractivity contribution in [2.75, 3.05) is 31.3 Å². The predicted octanol–water partition coefficient (Wildman–Crippen LogP) is 1.21. The van der Waals surface area contributed by atoms with Crippen LogP contribution in [0, 0.1) is 0 Å². The van der Waals surface area contributed by atoms with E-state index in [1.165, 1.54) is 18.1 Å². The molecule has 3 heterocycles. The summed E-state index contributed by atoms with van der Waals surface area (Å²) >= 11 is 1.49. The summed E-state index contributed by atoms with van der Waals surface area (Å²) in [6.07, 6.45) is -1.94. The molecule has 32 heavy (non-hydrogen) atoms. The normalized spacial score (nSPS) is 23.0. The quantitative estimate of drug-likeness (QED) is 0.272. The van der Waals surface area contributed by atoms with E-state index in [0.29, 0.717) is 28.7 Å². The molecule has 4 atom stereocenters. The van der Waals surface area contributed by atoms with Gasteiger partial charge < -0.3 is 30.1 Å². The second-order valence-corrected chi connectivity index (χ2v) is 8.60. The van der Waals surface area contributed by atoms with Gasteiger partial charge in [-0.15, -0.1) is 0 Å². The van der Waals surface area contributed by atoms with Crippen LogP contribution in [-0.2, 0) is 11.2 Å². The van der Waals surface area contributed by atoms with E-state index in [2.05, 4.69) is 20.3 Å². The Labute approximate surface area is 189 Å². The molecule has 0 saturated carbocycles. The molecule has 1 aromatic carbocycles. The van der Waals surface area contributed by atoms with Gasteiger partial charge >= 0.3 is 0 Å². The van der Waals surface area contributed by atoms with Crippen molar-refractivity contribution >= 4 is 28.7 Å². The van der Waals surface area contributed by atoms with E-state index in [0.717, 1.165) is 23.5 Å². The summed E-state index contributed by atoms with van der Waals surface area (Å²) in [4.78, 5) is 13.6. The molecule has 0 radical (unpaired) electrons. The number of methoxy groups -OCH3 is 1. The van der Waals surface area contributed by atoms with E-state index in [9.17, 15) is 15.3 Å². The molecule has 4 rings (SSSR count). The van der Waals surface area contributed by atoms with Crippen molar-refractivity contribution in [1.82, 2.24) is 19.5 Å². The standard InChI is InChI=1S/C21H27N5O5S/c1-3-32-21-24-18(22-8-7-12-5-4-6-13(9-12)30-2)15-19(25-21)26(11-23-15)20-17(29)16(28)14(10-27)31-20/h4-6,9,11,14,16-17,20,27-29H,3,7-8,10H2,1-2H3,(H,22,24,25)/t14-,16-,17-,20-/m1/s1. The number of rotatable bonds is 9. The number of ether oxygens (including phenoxy) is 2. The highest BCUT2D eigenvalue weighted by Crippen LogP contribution is 2.33. The van der Waals surface area contributed by atoms with Gasteiger partial charge in [-0.3, -0.25) is 4.57 Å². The summed E-state index contributed by atoms with van der Waals surface area (Å²) in [5.74, 6) is 2.18. The minimum Gasteiger partial charge on any atom is -0.497 e. The van der Waals surface area contributed by atoms with E-state index in [1.54, 1.807) is 11.7 Å². The number of fused-ring (bicyclic) bond motifs is 1. The number of aromatic nitrogens is 4. The average molecular weight is 462 g/mol. The van der Waals surface area contributed by atoms with Crippen LogP contribution in [0.25, 0.3) is 11.2 Å². The summed E-state index contributed by atoms with van der Waals surface area (Å²) in [7, 11) is 1.64. The second kappa shape index (κ2) is 10.0. The first-order chi connectivity index (χ1) is 15.5. The van der Waals surface area contributed by atoms with Crippen LogP contribution < -0.4 is 10.1 Å². The molecule has 0 bridgehead atoms. The van der Waals surface area contributed by atoms with Crippen LogP contribution in [0.15, 0.2) is 35.7 Å². The van der Waals surface area contributed by atoms with Crippen molar-refractivity contribution in [2.24, 2.45) is 0 Å². The molecule has 1 aliphatic heterocycles. The Kier molecular flexibility index (Phi) is 7.11. The Morgan fingerprint density at radius 3 is 2.81 bits per heavy atom. The number of hydrogen-bond acceptors (Lipinski definition) is 10. The third kappa shape index (κ3) is 4.52. The lowest BCUT2D eigenvalue weighted by Gasteiger charge is -2.17. The van der Waals surface area contributed by atoms with E-state index >= 15 is 0 Å². The van der Waals surface area contributed by atoms with Crippen LogP contribution in [0.1, 0.15) is 18.7 Å². The van der Waals surface area contributed by atoms with Crippen LogP contribution in [-0.4, -0.2) is 79.2 Å².